The summed E-state index contributed by atoms with van der Waals surface area (Å²) in [6.45, 7) is 4.92. The van der Waals surface area contributed by atoms with Crippen LogP contribution in [-0.4, -0.2) is 51.3 Å². The van der Waals surface area contributed by atoms with Crippen LogP contribution in [0.5, 0.6) is 5.75 Å². The van der Waals surface area contributed by atoms with Gasteiger partial charge in [-0.1, -0.05) is 13.8 Å². The van der Waals surface area contributed by atoms with E-state index in [9.17, 15) is 18.0 Å². The molecule has 0 atom stereocenters. The van der Waals surface area contributed by atoms with Crippen LogP contribution in [0.4, 0.5) is 11.4 Å². The lowest BCUT2D eigenvalue weighted by atomic mass is 10.2. The normalized spacial score (nSPS) is 14.2. The highest BCUT2D eigenvalue weighted by molar-refractivity contribution is 7.89. The first-order chi connectivity index (χ1) is 14.8. The SMILES string of the molecule is CCN(CC)S(=O)(=O)c1ccc(C(=O)Nc2ccc(OC)c(N3CCCC3=O)c2)cc1. The number of carbonyl (C=O) groups excluding carboxylic acids is 2. The molecule has 0 unspecified atom stereocenters. The molecule has 0 bridgehead atoms. The Morgan fingerprint density at radius 1 is 1.13 bits per heavy atom. The summed E-state index contributed by atoms with van der Waals surface area (Å²) in [4.78, 5) is 26.6. The van der Waals surface area contributed by atoms with E-state index >= 15 is 0 Å². The number of anilines is 2. The van der Waals surface area contributed by atoms with E-state index in [0.717, 1.165) is 6.42 Å². The van der Waals surface area contributed by atoms with Crippen molar-refractivity contribution in [3.05, 3.63) is 48.0 Å². The monoisotopic (exact) mass is 445 g/mol. The molecule has 1 aliphatic heterocycles. The van der Waals surface area contributed by atoms with Gasteiger partial charge in [-0.3, -0.25) is 9.59 Å². The van der Waals surface area contributed by atoms with Crippen molar-refractivity contribution >= 4 is 33.2 Å². The van der Waals surface area contributed by atoms with E-state index in [1.807, 2.05) is 0 Å². The van der Waals surface area contributed by atoms with Crippen molar-refractivity contribution in [2.24, 2.45) is 0 Å². The molecule has 0 spiro atoms. The third kappa shape index (κ3) is 4.72. The number of hydrogen-bond donors (Lipinski definition) is 1. The summed E-state index contributed by atoms with van der Waals surface area (Å²) >= 11 is 0. The van der Waals surface area contributed by atoms with E-state index in [0.29, 0.717) is 48.7 Å². The topological polar surface area (TPSA) is 96.0 Å². The number of nitrogens with zero attached hydrogens (tertiary/aromatic N) is 2. The fraction of sp³-hybridized carbons (Fsp3) is 0.364. The quantitative estimate of drug-likeness (QED) is 0.674. The number of sulfonamides is 1. The average Bonchev–Trinajstić information content (AvgIpc) is 3.20. The van der Waals surface area contributed by atoms with Crippen LogP contribution in [0.2, 0.25) is 0 Å². The molecule has 1 aliphatic rings. The highest BCUT2D eigenvalue weighted by atomic mass is 32.2. The summed E-state index contributed by atoms with van der Waals surface area (Å²) in [5.74, 6) is 0.196. The Bertz CT molecular complexity index is 1060. The number of rotatable bonds is 8. The van der Waals surface area contributed by atoms with Gasteiger partial charge in [0.2, 0.25) is 15.9 Å². The molecule has 31 heavy (non-hydrogen) atoms. The maximum absolute atomic E-state index is 12.7. The van der Waals surface area contributed by atoms with Gasteiger partial charge in [-0.25, -0.2) is 8.42 Å². The molecule has 2 aromatic rings. The first-order valence-electron chi connectivity index (χ1n) is 10.2. The summed E-state index contributed by atoms with van der Waals surface area (Å²) in [5, 5.41) is 2.80. The molecule has 1 fully saturated rings. The van der Waals surface area contributed by atoms with Crippen molar-refractivity contribution in [2.45, 2.75) is 31.6 Å². The predicted octanol–water partition coefficient (Wildman–Crippen LogP) is 3.10. The van der Waals surface area contributed by atoms with Crippen molar-refractivity contribution in [1.29, 1.82) is 0 Å². The molecule has 0 saturated carbocycles. The number of amides is 2. The second-order valence-electron chi connectivity index (χ2n) is 7.10. The van der Waals surface area contributed by atoms with Crippen LogP contribution in [0.15, 0.2) is 47.4 Å². The van der Waals surface area contributed by atoms with Gasteiger partial charge in [-0.05, 0) is 48.9 Å². The highest BCUT2D eigenvalue weighted by Gasteiger charge is 2.25. The maximum Gasteiger partial charge on any atom is 0.255 e. The summed E-state index contributed by atoms with van der Waals surface area (Å²) in [6.07, 6.45) is 1.27. The zero-order valence-electron chi connectivity index (χ0n) is 17.9. The minimum absolute atomic E-state index is 0.0202. The summed E-state index contributed by atoms with van der Waals surface area (Å²) in [6, 6.07) is 10.9. The zero-order chi connectivity index (χ0) is 22.6. The Kier molecular flexibility index (Phi) is 6.97. The van der Waals surface area contributed by atoms with Gasteiger partial charge in [0.1, 0.15) is 5.75 Å². The molecule has 2 amide bonds. The van der Waals surface area contributed by atoms with E-state index in [1.54, 1.807) is 36.9 Å². The smallest absolute Gasteiger partial charge is 0.255 e. The third-order valence-corrected chi connectivity index (χ3v) is 7.32. The van der Waals surface area contributed by atoms with Gasteiger partial charge in [-0.2, -0.15) is 4.31 Å². The van der Waals surface area contributed by atoms with Crippen LogP contribution in [0, 0.1) is 0 Å². The molecular formula is C22H27N3O5S. The van der Waals surface area contributed by atoms with Crippen LogP contribution >= 0.6 is 0 Å². The molecule has 0 aromatic heterocycles. The number of ether oxygens (including phenoxy) is 1. The van der Waals surface area contributed by atoms with E-state index < -0.39 is 10.0 Å². The van der Waals surface area contributed by atoms with Crippen LogP contribution < -0.4 is 15.0 Å². The first-order valence-corrected chi connectivity index (χ1v) is 11.7. The summed E-state index contributed by atoms with van der Waals surface area (Å²) in [5.41, 5.74) is 1.46. The van der Waals surface area contributed by atoms with Gasteiger partial charge in [0.15, 0.2) is 0 Å². The number of benzene rings is 2. The minimum atomic E-state index is -3.58. The second kappa shape index (κ2) is 9.49. The van der Waals surface area contributed by atoms with E-state index in [-0.39, 0.29) is 16.7 Å². The molecule has 1 heterocycles. The fourth-order valence-electron chi connectivity index (χ4n) is 3.58. The average molecular weight is 446 g/mol. The van der Waals surface area contributed by atoms with Crippen molar-refractivity contribution < 1.29 is 22.7 Å². The zero-order valence-corrected chi connectivity index (χ0v) is 18.7. The lowest BCUT2D eigenvalue weighted by Crippen LogP contribution is -2.30. The standard InChI is InChI=1S/C22H27N3O5S/c1-4-24(5-2)31(28,29)18-11-8-16(9-12-18)22(27)23-17-10-13-20(30-3)19(15-17)25-14-6-7-21(25)26/h8-13,15H,4-7,14H2,1-3H3,(H,23,27). The molecule has 1 N–H and O–H groups in total. The van der Waals surface area contributed by atoms with E-state index in [2.05, 4.69) is 5.32 Å². The molecular weight excluding hydrogens is 418 g/mol. The Morgan fingerprint density at radius 3 is 2.35 bits per heavy atom. The molecule has 166 valence electrons. The lowest BCUT2D eigenvalue weighted by molar-refractivity contribution is -0.117. The third-order valence-electron chi connectivity index (χ3n) is 5.26. The molecule has 9 heteroatoms. The number of carbonyl (C=O) groups is 2. The molecule has 0 radical (unpaired) electrons. The summed E-state index contributed by atoms with van der Waals surface area (Å²) < 4.78 is 31.9. The van der Waals surface area contributed by atoms with Crippen LogP contribution in [0.25, 0.3) is 0 Å². The van der Waals surface area contributed by atoms with Crippen molar-refractivity contribution in [3.8, 4) is 5.75 Å². The first kappa shape index (κ1) is 22.8. The van der Waals surface area contributed by atoms with Crippen LogP contribution in [0.1, 0.15) is 37.0 Å². The van der Waals surface area contributed by atoms with Gasteiger partial charge in [0.25, 0.3) is 5.91 Å². The Hall–Kier alpha value is -2.91. The van der Waals surface area contributed by atoms with Gasteiger partial charge in [0, 0.05) is 37.3 Å². The molecule has 0 aliphatic carbocycles. The fourth-order valence-corrected chi connectivity index (χ4v) is 5.03. The number of hydrogen-bond acceptors (Lipinski definition) is 5. The molecule has 1 saturated heterocycles. The number of nitrogens with one attached hydrogen (secondary N) is 1. The Labute approximate surface area is 182 Å². The van der Waals surface area contributed by atoms with E-state index in [1.165, 1.54) is 35.7 Å². The Morgan fingerprint density at radius 2 is 1.81 bits per heavy atom. The van der Waals surface area contributed by atoms with Gasteiger partial charge in [-0.15, -0.1) is 0 Å². The van der Waals surface area contributed by atoms with E-state index in [4.69, 9.17) is 4.74 Å². The number of methoxy groups -OCH3 is 1. The van der Waals surface area contributed by atoms with Gasteiger partial charge >= 0.3 is 0 Å². The van der Waals surface area contributed by atoms with Crippen molar-refractivity contribution in [2.75, 3.05) is 37.0 Å². The van der Waals surface area contributed by atoms with Crippen LogP contribution in [0.3, 0.4) is 0 Å². The molecule has 2 aromatic carbocycles. The van der Waals surface area contributed by atoms with Crippen molar-refractivity contribution in [1.82, 2.24) is 4.31 Å². The Balaban J connectivity index is 1.80. The lowest BCUT2D eigenvalue weighted by Gasteiger charge is -2.20. The van der Waals surface area contributed by atoms with Crippen molar-refractivity contribution in [3.63, 3.8) is 0 Å². The van der Waals surface area contributed by atoms with Gasteiger partial charge < -0.3 is 15.0 Å². The highest BCUT2D eigenvalue weighted by Crippen LogP contribution is 2.34. The summed E-state index contributed by atoms with van der Waals surface area (Å²) in [7, 11) is -2.05. The van der Waals surface area contributed by atoms with Gasteiger partial charge in [0.05, 0.1) is 17.7 Å². The molecule has 3 rings (SSSR count). The molecule has 8 nitrogen and oxygen atoms in total. The predicted molar refractivity (Wildman–Crippen MR) is 119 cm³/mol. The minimum Gasteiger partial charge on any atom is -0.495 e. The largest absolute Gasteiger partial charge is 0.495 e. The second-order valence-corrected chi connectivity index (χ2v) is 9.04. The van der Waals surface area contributed by atoms with Crippen LogP contribution in [-0.2, 0) is 14.8 Å². The maximum atomic E-state index is 12.7.